The number of rotatable bonds is 9. The number of hydrogen-bond acceptors (Lipinski definition) is 10. The van der Waals surface area contributed by atoms with Crippen LogP contribution in [0.3, 0.4) is 0 Å². The highest BCUT2D eigenvalue weighted by Gasteiger charge is 2.65. The first-order valence-electron chi connectivity index (χ1n) is 15.1. The lowest BCUT2D eigenvalue weighted by Gasteiger charge is -2.37. The number of carbonyl (C=O) groups excluding carboxylic acids is 3. The molecule has 0 radical (unpaired) electrons. The molecule has 250 valence electrons. The summed E-state index contributed by atoms with van der Waals surface area (Å²) in [5.74, 6) is -2.57. The van der Waals surface area contributed by atoms with Gasteiger partial charge in [0.2, 0.25) is 14.3 Å². The molecule has 2 aromatic rings. The average Bonchev–Trinajstić information content (AvgIpc) is 3.46. The molecule has 2 saturated heterocycles. The number of halogens is 1. The van der Waals surface area contributed by atoms with Crippen molar-refractivity contribution in [2.45, 2.75) is 80.9 Å². The largest absolute Gasteiger partial charge is 0.395 e. The van der Waals surface area contributed by atoms with Crippen LogP contribution in [0.2, 0.25) is 18.6 Å². The van der Waals surface area contributed by atoms with Crippen LogP contribution in [0.4, 0.5) is 15.5 Å². The van der Waals surface area contributed by atoms with Gasteiger partial charge in [-0.2, -0.15) is 0 Å². The normalized spacial score (nSPS) is 32.2. The van der Waals surface area contributed by atoms with E-state index in [0.717, 1.165) is 5.56 Å². The van der Waals surface area contributed by atoms with Crippen molar-refractivity contribution >= 4 is 37.5 Å². The van der Waals surface area contributed by atoms with E-state index in [9.17, 15) is 39.9 Å². The summed E-state index contributed by atoms with van der Waals surface area (Å²) in [5.41, 5.74) is -0.791. The van der Waals surface area contributed by atoms with Crippen molar-refractivity contribution in [1.29, 1.82) is 0 Å². The molecule has 9 atom stereocenters. The molecule has 0 aliphatic carbocycles. The van der Waals surface area contributed by atoms with Crippen molar-refractivity contribution < 1.29 is 53.5 Å². The molecule has 5 rings (SSSR count). The summed E-state index contributed by atoms with van der Waals surface area (Å²) in [6.45, 7) is 4.73. The minimum absolute atomic E-state index is 0.0566. The Hall–Kier alpha value is -3.28. The molecule has 1 spiro atoms. The number of aliphatic hydroxyl groups excluding tert-OH is 5. The lowest BCUT2D eigenvalue weighted by molar-refractivity contribution is -0.274. The predicted octanol–water partition coefficient (Wildman–Crippen LogP) is 0.563. The van der Waals surface area contributed by atoms with Crippen molar-refractivity contribution in [1.82, 2.24) is 4.90 Å². The number of hydrogen-bond donors (Lipinski definition) is 7. The smallest absolute Gasteiger partial charge is 0.261 e. The van der Waals surface area contributed by atoms with Crippen molar-refractivity contribution in [2.24, 2.45) is 5.92 Å². The topological polar surface area (TPSA) is 198 Å². The van der Waals surface area contributed by atoms with Crippen LogP contribution >= 0.6 is 0 Å². The van der Waals surface area contributed by atoms with Gasteiger partial charge in [0.05, 0.1) is 19.1 Å². The Morgan fingerprint density at radius 1 is 1.07 bits per heavy atom. The van der Waals surface area contributed by atoms with E-state index in [1.807, 2.05) is 30.3 Å². The number of fused-ring (bicyclic) bond motifs is 2. The van der Waals surface area contributed by atoms with Gasteiger partial charge in [0.15, 0.2) is 18.0 Å². The van der Waals surface area contributed by atoms with Gasteiger partial charge in [-0.15, -0.1) is 0 Å². The Bertz CT molecular complexity index is 1460. The summed E-state index contributed by atoms with van der Waals surface area (Å²) < 4.78 is 27.6. The van der Waals surface area contributed by atoms with Gasteiger partial charge in [0, 0.05) is 41.5 Å². The maximum absolute atomic E-state index is 16.1. The van der Waals surface area contributed by atoms with Crippen LogP contribution in [0.5, 0.6) is 0 Å². The quantitative estimate of drug-likeness (QED) is 0.147. The average molecular weight is 662 g/mol. The van der Waals surface area contributed by atoms with Crippen molar-refractivity contribution in [2.75, 3.05) is 23.8 Å². The third-order valence-electron chi connectivity index (χ3n) is 9.14. The highest BCUT2D eigenvalue weighted by Crippen LogP contribution is 2.59. The van der Waals surface area contributed by atoms with E-state index in [2.05, 4.69) is 10.6 Å². The second kappa shape index (κ2) is 13.1. The molecule has 0 saturated carbocycles. The first kappa shape index (κ1) is 34.1. The molecular formula is C31H40FN3O10Si. The zero-order chi connectivity index (χ0) is 33.6. The van der Waals surface area contributed by atoms with Gasteiger partial charge in [0.1, 0.15) is 18.3 Å². The van der Waals surface area contributed by atoms with Gasteiger partial charge in [0.25, 0.3) is 11.8 Å². The SMILES string of the molecule is C[C@@H]1[C@@H]([Si](C)(C)F)[C@H](CC(=O)N(CCO)Cc2ccccc2)O[C@@]12C(=O)Nc1ccc(NC(=O)[C@H]3O[C@@H](O)[C@H](O)[C@@H](O)[C@@H]3O)cc12. The van der Waals surface area contributed by atoms with E-state index < -0.39 is 74.1 Å². The lowest BCUT2D eigenvalue weighted by Crippen LogP contribution is -2.60. The molecule has 3 amide bonds. The molecule has 15 heteroatoms. The fourth-order valence-corrected chi connectivity index (χ4v) is 9.45. The number of anilines is 2. The molecule has 46 heavy (non-hydrogen) atoms. The Morgan fingerprint density at radius 3 is 2.41 bits per heavy atom. The van der Waals surface area contributed by atoms with Gasteiger partial charge < -0.3 is 54.6 Å². The number of amides is 3. The van der Waals surface area contributed by atoms with Crippen LogP contribution in [0.25, 0.3) is 0 Å². The summed E-state index contributed by atoms with van der Waals surface area (Å²) >= 11 is 0. The fraction of sp³-hybridized carbons (Fsp3) is 0.516. The molecule has 2 fully saturated rings. The first-order valence-corrected chi connectivity index (χ1v) is 18.1. The maximum atomic E-state index is 16.1. The van der Waals surface area contributed by atoms with E-state index in [1.54, 1.807) is 6.92 Å². The van der Waals surface area contributed by atoms with Crippen molar-refractivity contribution in [3.63, 3.8) is 0 Å². The minimum atomic E-state index is -3.58. The Balaban J connectivity index is 1.42. The summed E-state index contributed by atoms with van der Waals surface area (Å²) in [4.78, 5) is 41.8. The highest BCUT2D eigenvalue weighted by molar-refractivity contribution is 6.72. The maximum Gasteiger partial charge on any atom is 0.261 e. The molecule has 3 aliphatic rings. The molecule has 0 unspecified atom stereocenters. The summed E-state index contributed by atoms with van der Waals surface area (Å²) in [7, 11) is -3.58. The van der Waals surface area contributed by atoms with Gasteiger partial charge >= 0.3 is 0 Å². The van der Waals surface area contributed by atoms with E-state index in [1.165, 1.54) is 36.2 Å². The van der Waals surface area contributed by atoms with Crippen LogP contribution in [0.1, 0.15) is 24.5 Å². The third-order valence-corrected chi connectivity index (χ3v) is 11.6. The Morgan fingerprint density at radius 2 is 1.76 bits per heavy atom. The second-order valence-corrected chi connectivity index (χ2v) is 16.4. The number of benzene rings is 2. The van der Waals surface area contributed by atoms with Crippen LogP contribution in [-0.2, 0) is 36.0 Å². The standard InChI is InChI=1S/C31H40FN3O10Si/c1-16-27(46(2,3)32)21(14-22(37)35(11-12-36)15-17-7-5-4-6-8-17)45-31(16)19-13-18(9-10-20(19)34-30(31)43)33-28(41)26-24(39)23(38)25(40)29(42)44-26/h4-10,13,16,21,23-27,29,36,38-40,42H,11-12,14-15H2,1-3H3,(H,33,41)(H,34,43)/t16-,21+,23+,24+,25-,26+,27-,29-,31+/m1/s1. The number of carbonyl (C=O) groups is 3. The number of nitrogens with one attached hydrogen (secondary N) is 2. The summed E-state index contributed by atoms with van der Waals surface area (Å²) in [6.07, 6.45) is -10.3. The molecule has 2 aromatic carbocycles. The highest BCUT2D eigenvalue weighted by atomic mass is 28.4. The molecule has 3 heterocycles. The number of nitrogens with zero attached hydrogens (tertiary/aromatic N) is 1. The van der Waals surface area contributed by atoms with Gasteiger partial charge in [-0.3, -0.25) is 14.4 Å². The van der Waals surface area contributed by atoms with Gasteiger partial charge in [-0.05, 0) is 36.9 Å². The van der Waals surface area contributed by atoms with Crippen LogP contribution in [-0.4, -0.2) is 107 Å². The van der Waals surface area contributed by atoms with Gasteiger partial charge in [-0.1, -0.05) is 37.3 Å². The zero-order valence-corrected chi connectivity index (χ0v) is 26.7. The Labute approximate surface area is 266 Å². The Kier molecular flexibility index (Phi) is 9.69. The first-order chi connectivity index (χ1) is 21.7. The van der Waals surface area contributed by atoms with E-state index in [4.69, 9.17) is 9.47 Å². The van der Waals surface area contributed by atoms with Crippen LogP contribution in [0, 0.1) is 5.92 Å². The summed E-state index contributed by atoms with van der Waals surface area (Å²) in [5, 5.41) is 54.8. The fourth-order valence-electron chi connectivity index (χ4n) is 6.95. The zero-order valence-electron chi connectivity index (χ0n) is 25.7. The number of ether oxygens (including phenoxy) is 2. The predicted molar refractivity (Wildman–Crippen MR) is 164 cm³/mol. The minimum Gasteiger partial charge on any atom is -0.395 e. The molecular weight excluding hydrogens is 621 g/mol. The summed E-state index contributed by atoms with van der Waals surface area (Å²) in [6, 6.07) is 13.7. The molecule has 0 aromatic heterocycles. The third kappa shape index (κ3) is 6.21. The molecule has 3 aliphatic heterocycles. The van der Waals surface area contributed by atoms with Crippen LogP contribution in [0.15, 0.2) is 48.5 Å². The number of aliphatic hydroxyl groups is 5. The second-order valence-electron chi connectivity index (χ2n) is 12.6. The van der Waals surface area contributed by atoms with Crippen molar-refractivity contribution in [3.05, 3.63) is 59.7 Å². The molecule has 7 N–H and O–H groups in total. The monoisotopic (exact) mass is 661 g/mol. The van der Waals surface area contributed by atoms with E-state index in [0.29, 0.717) is 11.3 Å². The van der Waals surface area contributed by atoms with Gasteiger partial charge in [-0.25, -0.2) is 0 Å². The van der Waals surface area contributed by atoms with E-state index >= 15 is 4.11 Å². The molecule has 0 bridgehead atoms. The molecule has 13 nitrogen and oxygen atoms in total. The van der Waals surface area contributed by atoms with Crippen molar-refractivity contribution in [3.8, 4) is 0 Å². The van der Waals surface area contributed by atoms with Crippen LogP contribution < -0.4 is 10.6 Å². The lowest BCUT2D eigenvalue weighted by atomic mass is 9.82. The van der Waals surface area contributed by atoms with E-state index in [-0.39, 0.29) is 37.7 Å².